The zero-order valence-electron chi connectivity index (χ0n) is 17.7. The number of hydrogen-bond acceptors (Lipinski definition) is 3. The number of carboxylic acids is 1. The maximum atomic E-state index is 13.6. The van der Waals surface area contributed by atoms with E-state index in [2.05, 4.69) is 24.3 Å². The molecule has 1 heterocycles. The van der Waals surface area contributed by atoms with Crippen molar-refractivity contribution in [1.29, 1.82) is 0 Å². The zero-order valence-corrected chi connectivity index (χ0v) is 17.7. The van der Waals surface area contributed by atoms with Crippen molar-refractivity contribution in [3.63, 3.8) is 0 Å². The summed E-state index contributed by atoms with van der Waals surface area (Å²) in [6.45, 7) is 0. The van der Waals surface area contributed by atoms with Gasteiger partial charge in [-0.3, -0.25) is 14.5 Å². The highest BCUT2D eigenvalue weighted by atomic mass is 16.4. The Labute approximate surface area is 191 Å². The van der Waals surface area contributed by atoms with Crippen LogP contribution in [0.2, 0.25) is 0 Å². The molecule has 1 N–H and O–H groups in total. The van der Waals surface area contributed by atoms with Gasteiger partial charge in [0, 0.05) is 0 Å². The molecule has 0 aromatic heterocycles. The number of fused-ring (bicyclic) bond motifs is 5. The summed E-state index contributed by atoms with van der Waals surface area (Å²) in [5, 5.41) is 9.18. The van der Waals surface area contributed by atoms with Gasteiger partial charge in [-0.25, -0.2) is 4.79 Å². The number of carbonyl (C=O) groups excluding carboxylic acids is 2. The van der Waals surface area contributed by atoms with Crippen molar-refractivity contribution in [1.82, 2.24) is 0 Å². The van der Waals surface area contributed by atoms with Gasteiger partial charge in [-0.1, -0.05) is 60.7 Å². The number of imide groups is 1. The second kappa shape index (κ2) is 7.27. The lowest BCUT2D eigenvalue weighted by Gasteiger charge is -2.27. The highest BCUT2D eigenvalue weighted by Gasteiger charge is 2.64. The number of aromatic carboxylic acids is 1. The molecule has 4 atom stereocenters. The summed E-state index contributed by atoms with van der Waals surface area (Å²) in [7, 11) is 0. The van der Waals surface area contributed by atoms with E-state index in [-0.39, 0.29) is 41.0 Å². The summed E-state index contributed by atoms with van der Waals surface area (Å²) < 4.78 is 0. The number of amides is 2. The van der Waals surface area contributed by atoms with Crippen LogP contribution in [0.15, 0.2) is 84.9 Å². The largest absolute Gasteiger partial charge is 0.478 e. The van der Waals surface area contributed by atoms with Crippen LogP contribution >= 0.6 is 0 Å². The molecule has 6 rings (SSSR count). The predicted octanol–water partition coefficient (Wildman–Crippen LogP) is 4.75. The van der Waals surface area contributed by atoms with E-state index >= 15 is 0 Å². The summed E-state index contributed by atoms with van der Waals surface area (Å²) in [5.41, 5.74) is 5.12. The van der Waals surface area contributed by atoms with E-state index < -0.39 is 5.97 Å². The van der Waals surface area contributed by atoms with Gasteiger partial charge in [0.05, 0.1) is 23.1 Å². The molecule has 0 radical (unpaired) electrons. The number of benzene rings is 3. The van der Waals surface area contributed by atoms with Crippen LogP contribution in [0, 0.1) is 23.7 Å². The van der Waals surface area contributed by atoms with E-state index in [9.17, 15) is 19.5 Å². The van der Waals surface area contributed by atoms with Crippen molar-refractivity contribution >= 4 is 34.6 Å². The maximum absolute atomic E-state index is 13.6. The quantitative estimate of drug-likeness (QED) is 0.600. The Morgan fingerprint density at radius 1 is 0.697 bits per heavy atom. The van der Waals surface area contributed by atoms with Gasteiger partial charge in [-0.05, 0) is 64.8 Å². The predicted molar refractivity (Wildman–Crippen MR) is 124 cm³/mol. The fourth-order valence-electron chi connectivity index (χ4n) is 6.10. The van der Waals surface area contributed by atoms with Crippen molar-refractivity contribution < 1.29 is 19.5 Å². The average molecular weight is 435 g/mol. The first-order valence-corrected chi connectivity index (χ1v) is 11.1. The molecule has 1 saturated heterocycles. The van der Waals surface area contributed by atoms with E-state index in [1.165, 1.54) is 28.2 Å². The lowest BCUT2D eigenvalue weighted by molar-refractivity contribution is -0.123. The van der Waals surface area contributed by atoms with Crippen LogP contribution in [-0.4, -0.2) is 22.9 Å². The number of carbonyl (C=O) groups is 3. The Hall–Kier alpha value is -3.99. The average Bonchev–Trinajstić information content (AvgIpc) is 3.49. The third kappa shape index (κ3) is 2.82. The van der Waals surface area contributed by atoms with Crippen LogP contribution in [0.5, 0.6) is 0 Å². The smallest absolute Gasteiger partial charge is 0.335 e. The highest BCUT2D eigenvalue weighted by Crippen LogP contribution is 2.63. The first-order chi connectivity index (χ1) is 16.1. The Morgan fingerprint density at radius 2 is 1.15 bits per heavy atom. The third-order valence-electron chi connectivity index (χ3n) is 7.35. The maximum Gasteiger partial charge on any atom is 0.335 e. The summed E-state index contributed by atoms with van der Waals surface area (Å²) in [6, 6.07) is 26.3. The molecule has 162 valence electrons. The zero-order chi connectivity index (χ0) is 22.7. The Morgan fingerprint density at radius 3 is 1.58 bits per heavy atom. The molecule has 0 spiro atoms. The van der Waals surface area contributed by atoms with Gasteiger partial charge in [0.15, 0.2) is 0 Å². The third-order valence-corrected chi connectivity index (χ3v) is 7.35. The van der Waals surface area contributed by atoms with Gasteiger partial charge >= 0.3 is 5.97 Å². The van der Waals surface area contributed by atoms with Crippen LogP contribution in [0.25, 0.3) is 11.1 Å². The lowest BCUT2D eigenvalue weighted by atomic mass is 9.73. The van der Waals surface area contributed by atoms with Crippen LogP contribution in [0.3, 0.4) is 0 Å². The minimum atomic E-state index is -1.04. The van der Waals surface area contributed by atoms with E-state index in [1.54, 1.807) is 12.1 Å². The molecule has 3 aromatic carbocycles. The standard InChI is InChI=1S/C28H21NO4/c30-26-24-20-15-21(25(24)27(31)29(26)19-13-11-18(12-14-19)28(32)33)23(17-9-5-2-6-10-17)22(20)16-7-3-1-4-8-16/h1-14,20-21,24-25H,15H2,(H,32,33). The first kappa shape index (κ1) is 19.7. The summed E-state index contributed by atoms with van der Waals surface area (Å²) in [6.07, 6.45) is 0.799. The van der Waals surface area contributed by atoms with E-state index in [0.29, 0.717) is 5.69 Å². The van der Waals surface area contributed by atoms with Crippen LogP contribution in [0.4, 0.5) is 5.69 Å². The van der Waals surface area contributed by atoms with Gasteiger partial charge in [-0.2, -0.15) is 0 Å². The molecule has 2 amide bonds. The minimum absolute atomic E-state index is 0.0163. The second-order valence-corrected chi connectivity index (χ2v) is 8.92. The molecule has 33 heavy (non-hydrogen) atoms. The molecular weight excluding hydrogens is 414 g/mol. The summed E-state index contributed by atoms with van der Waals surface area (Å²) in [5.74, 6) is -2.20. The first-order valence-electron chi connectivity index (χ1n) is 11.1. The van der Waals surface area contributed by atoms with E-state index in [1.807, 2.05) is 36.4 Å². The molecule has 1 saturated carbocycles. The lowest BCUT2D eigenvalue weighted by Crippen LogP contribution is -2.33. The number of rotatable bonds is 4. The molecule has 2 fully saturated rings. The Kier molecular flexibility index (Phi) is 4.34. The Bertz CT molecular complexity index is 1240. The number of carboxylic acid groups (broad SMARTS) is 1. The fourth-order valence-corrected chi connectivity index (χ4v) is 6.10. The molecule has 2 bridgehead atoms. The van der Waals surface area contributed by atoms with Crippen molar-refractivity contribution in [2.75, 3.05) is 4.90 Å². The van der Waals surface area contributed by atoms with Crippen molar-refractivity contribution in [2.45, 2.75) is 6.42 Å². The van der Waals surface area contributed by atoms with Crippen molar-refractivity contribution in [2.24, 2.45) is 23.7 Å². The molecule has 3 aliphatic rings. The molecule has 2 aliphatic carbocycles. The Balaban J connectivity index is 1.45. The molecule has 5 heteroatoms. The monoisotopic (exact) mass is 435 g/mol. The SMILES string of the molecule is O=C(O)c1ccc(N2C(=O)C3C4CC(C(c5ccccc5)=C4c4ccccc4)C3C2=O)cc1. The van der Waals surface area contributed by atoms with Crippen molar-refractivity contribution in [3.05, 3.63) is 102 Å². The summed E-state index contributed by atoms with van der Waals surface area (Å²) in [4.78, 5) is 39.7. The van der Waals surface area contributed by atoms with Gasteiger partial charge < -0.3 is 5.11 Å². The topological polar surface area (TPSA) is 74.7 Å². The molecular formula is C28H21NO4. The van der Waals surface area contributed by atoms with E-state index in [0.717, 1.165) is 17.5 Å². The molecule has 3 aromatic rings. The van der Waals surface area contributed by atoms with Gasteiger partial charge in [0.2, 0.25) is 11.8 Å². The van der Waals surface area contributed by atoms with Crippen LogP contribution < -0.4 is 4.90 Å². The molecule has 4 unspecified atom stereocenters. The fraction of sp³-hybridized carbons (Fsp3) is 0.179. The molecule has 5 nitrogen and oxygen atoms in total. The highest BCUT2D eigenvalue weighted by molar-refractivity contribution is 6.24. The normalized spacial score (nSPS) is 25.6. The van der Waals surface area contributed by atoms with Gasteiger partial charge in [0.25, 0.3) is 0 Å². The van der Waals surface area contributed by atoms with Crippen molar-refractivity contribution in [3.8, 4) is 0 Å². The molecule has 1 aliphatic heterocycles. The number of anilines is 1. The number of allylic oxidation sites excluding steroid dienone is 2. The van der Waals surface area contributed by atoms with Gasteiger partial charge in [-0.15, -0.1) is 0 Å². The number of hydrogen-bond donors (Lipinski definition) is 1. The van der Waals surface area contributed by atoms with Gasteiger partial charge in [0.1, 0.15) is 0 Å². The van der Waals surface area contributed by atoms with E-state index in [4.69, 9.17) is 0 Å². The van der Waals surface area contributed by atoms with Crippen LogP contribution in [0.1, 0.15) is 27.9 Å². The van der Waals surface area contributed by atoms with Crippen LogP contribution in [-0.2, 0) is 9.59 Å². The number of nitrogens with zero attached hydrogens (tertiary/aromatic N) is 1. The summed E-state index contributed by atoms with van der Waals surface area (Å²) >= 11 is 0. The second-order valence-electron chi connectivity index (χ2n) is 8.92. The minimum Gasteiger partial charge on any atom is -0.478 e.